The minimum Gasteiger partial charge on any atom is -0.461 e. The molecule has 0 aromatic heterocycles. The van der Waals surface area contributed by atoms with E-state index >= 15 is 0 Å². The Morgan fingerprint density at radius 3 is 3.07 bits per heavy atom. The summed E-state index contributed by atoms with van der Waals surface area (Å²) in [6.45, 7) is 2.82. The molecule has 0 amide bonds. The standard InChI is InChI=1S/C12H14O2/c1-2-9-13-12-8-7-10-5-3-4-6-11(10)14-12/h3-8,12H,2,9H2,1H3. The van der Waals surface area contributed by atoms with Crippen LogP contribution in [0, 0.1) is 0 Å². The van der Waals surface area contributed by atoms with Crippen LogP contribution in [0.2, 0.25) is 0 Å². The van der Waals surface area contributed by atoms with Gasteiger partial charge in [0, 0.05) is 5.56 Å². The lowest BCUT2D eigenvalue weighted by Gasteiger charge is -2.21. The van der Waals surface area contributed by atoms with Crippen LogP contribution in [-0.2, 0) is 4.74 Å². The number of ether oxygens (including phenoxy) is 2. The first-order valence-electron chi connectivity index (χ1n) is 4.95. The molecular formula is C12H14O2. The third kappa shape index (κ3) is 1.96. The Bertz CT molecular complexity index is 331. The van der Waals surface area contributed by atoms with Gasteiger partial charge >= 0.3 is 0 Å². The van der Waals surface area contributed by atoms with Gasteiger partial charge in [-0.2, -0.15) is 0 Å². The number of para-hydroxylation sites is 1. The molecule has 2 nitrogen and oxygen atoms in total. The van der Waals surface area contributed by atoms with Gasteiger partial charge in [0.25, 0.3) is 0 Å². The Kier molecular flexibility index (Phi) is 2.84. The van der Waals surface area contributed by atoms with E-state index in [1.165, 1.54) is 0 Å². The zero-order valence-electron chi connectivity index (χ0n) is 8.27. The fraction of sp³-hybridized carbons (Fsp3) is 0.333. The predicted octanol–water partition coefficient (Wildman–Crippen LogP) is 2.84. The molecule has 0 spiro atoms. The summed E-state index contributed by atoms with van der Waals surface area (Å²) in [4.78, 5) is 0. The first-order valence-corrected chi connectivity index (χ1v) is 4.95. The van der Waals surface area contributed by atoms with Crippen LogP contribution in [0.4, 0.5) is 0 Å². The summed E-state index contributed by atoms with van der Waals surface area (Å²) < 4.78 is 11.1. The minimum absolute atomic E-state index is 0.218. The van der Waals surface area contributed by atoms with E-state index in [1.54, 1.807) is 0 Å². The number of hydrogen-bond donors (Lipinski definition) is 0. The van der Waals surface area contributed by atoms with Gasteiger partial charge in [0.1, 0.15) is 5.75 Å². The summed E-state index contributed by atoms with van der Waals surface area (Å²) in [5.41, 5.74) is 1.11. The maximum absolute atomic E-state index is 5.62. The molecule has 0 bridgehead atoms. The van der Waals surface area contributed by atoms with Crippen LogP contribution in [-0.4, -0.2) is 12.9 Å². The Hall–Kier alpha value is -1.28. The first kappa shape index (κ1) is 9.28. The summed E-state index contributed by atoms with van der Waals surface area (Å²) in [7, 11) is 0. The van der Waals surface area contributed by atoms with E-state index in [1.807, 2.05) is 36.4 Å². The highest BCUT2D eigenvalue weighted by atomic mass is 16.7. The van der Waals surface area contributed by atoms with Gasteiger partial charge in [-0.25, -0.2) is 0 Å². The molecule has 0 aliphatic carbocycles. The van der Waals surface area contributed by atoms with Crippen molar-refractivity contribution < 1.29 is 9.47 Å². The van der Waals surface area contributed by atoms with Crippen LogP contribution in [0.15, 0.2) is 30.3 Å². The van der Waals surface area contributed by atoms with Crippen LogP contribution in [0.3, 0.4) is 0 Å². The summed E-state index contributed by atoms with van der Waals surface area (Å²) >= 11 is 0. The van der Waals surface area contributed by atoms with Crippen molar-refractivity contribution in [2.75, 3.05) is 6.61 Å². The lowest BCUT2D eigenvalue weighted by atomic mass is 10.1. The number of fused-ring (bicyclic) bond motifs is 1. The van der Waals surface area contributed by atoms with E-state index in [9.17, 15) is 0 Å². The first-order chi connectivity index (χ1) is 6.90. The molecule has 1 aliphatic heterocycles. The van der Waals surface area contributed by atoms with Gasteiger partial charge < -0.3 is 9.47 Å². The molecule has 1 aromatic carbocycles. The lowest BCUT2D eigenvalue weighted by Crippen LogP contribution is -2.20. The fourth-order valence-corrected chi connectivity index (χ4v) is 1.40. The molecule has 1 atom stereocenters. The van der Waals surface area contributed by atoms with Gasteiger partial charge in [-0.05, 0) is 24.6 Å². The lowest BCUT2D eigenvalue weighted by molar-refractivity contribution is -0.0467. The average Bonchev–Trinajstić information content (AvgIpc) is 2.26. The monoisotopic (exact) mass is 190 g/mol. The Morgan fingerprint density at radius 1 is 1.36 bits per heavy atom. The summed E-state index contributed by atoms with van der Waals surface area (Å²) in [5, 5.41) is 0. The number of rotatable bonds is 3. The van der Waals surface area contributed by atoms with Gasteiger partial charge in [0.15, 0.2) is 0 Å². The quantitative estimate of drug-likeness (QED) is 0.729. The number of benzene rings is 1. The van der Waals surface area contributed by atoms with Crippen molar-refractivity contribution in [2.45, 2.75) is 19.6 Å². The van der Waals surface area contributed by atoms with Crippen molar-refractivity contribution in [1.82, 2.24) is 0 Å². The van der Waals surface area contributed by atoms with E-state index in [4.69, 9.17) is 9.47 Å². The molecular weight excluding hydrogens is 176 g/mol. The highest BCUT2D eigenvalue weighted by molar-refractivity contribution is 5.59. The van der Waals surface area contributed by atoms with Crippen molar-refractivity contribution in [3.05, 3.63) is 35.9 Å². The van der Waals surface area contributed by atoms with Crippen molar-refractivity contribution >= 4 is 6.08 Å². The van der Waals surface area contributed by atoms with Crippen molar-refractivity contribution in [3.8, 4) is 5.75 Å². The SMILES string of the molecule is CCCOC1C=Cc2ccccc2O1. The Balaban J connectivity index is 2.06. The molecule has 0 radical (unpaired) electrons. The smallest absolute Gasteiger partial charge is 0.220 e. The summed E-state index contributed by atoms with van der Waals surface area (Å²) in [6, 6.07) is 7.96. The van der Waals surface area contributed by atoms with Crippen LogP contribution in [0.1, 0.15) is 18.9 Å². The van der Waals surface area contributed by atoms with E-state index in [-0.39, 0.29) is 6.29 Å². The topological polar surface area (TPSA) is 18.5 Å². The molecule has 0 saturated heterocycles. The maximum Gasteiger partial charge on any atom is 0.220 e. The van der Waals surface area contributed by atoms with E-state index in [0.29, 0.717) is 0 Å². The Labute approximate surface area is 84.2 Å². The average molecular weight is 190 g/mol. The molecule has 1 aliphatic rings. The van der Waals surface area contributed by atoms with Gasteiger partial charge in [-0.1, -0.05) is 25.1 Å². The second-order valence-corrected chi connectivity index (χ2v) is 3.25. The molecule has 2 rings (SSSR count). The fourth-order valence-electron chi connectivity index (χ4n) is 1.40. The van der Waals surface area contributed by atoms with Gasteiger partial charge in [0.05, 0.1) is 6.61 Å². The molecule has 0 saturated carbocycles. The molecule has 0 N–H and O–H groups in total. The third-order valence-corrected chi connectivity index (χ3v) is 2.08. The predicted molar refractivity (Wildman–Crippen MR) is 56.1 cm³/mol. The number of hydrogen-bond acceptors (Lipinski definition) is 2. The van der Waals surface area contributed by atoms with Gasteiger partial charge in [-0.15, -0.1) is 0 Å². The van der Waals surface area contributed by atoms with E-state index in [0.717, 1.165) is 24.3 Å². The second kappa shape index (κ2) is 4.29. The van der Waals surface area contributed by atoms with Crippen molar-refractivity contribution in [1.29, 1.82) is 0 Å². The maximum atomic E-state index is 5.62. The summed E-state index contributed by atoms with van der Waals surface area (Å²) in [5.74, 6) is 0.899. The molecule has 0 fully saturated rings. The van der Waals surface area contributed by atoms with Crippen LogP contribution >= 0.6 is 0 Å². The molecule has 1 aromatic rings. The largest absolute Gasteiger partial charge is 0.461 e. The molecule has 1 heterocycles. The highest BCUT2D eigenvalue weighted by Crippen LogP contribution is 2.25. The highest BCUT2D eigenvalue weighted by Gasteiger charge is 2.13. The van der Waals surface area contributed by atoms with Crippen LogP contribution in [0.5, 0.6) is 5.75 Å². The Morgan fingerprint density at radius 2 is 2.21 bits per heavy atom. The molecule has 1 unspecified atom stereocenters. The van der Waals surface area contributed by atoms with Gasteiger partial charge in [-0.3, -0.25) is 0 Å². The minimum atomic E-state index is -0.218. The second-order valence-electron chi connectivity index (χ2n) is 3.25. The van der Waals surface area contributed by atoms with E-state index < -0.39 is 0 Å². The summed E-state index contributed by atoms with van der Waals surface area (Å²) in [6.07, 6.45) is 4.77. The zero-order chi connectivity index (χ0) is 9.80. The van der Waals surface area contributed by atoms with Crippen molar-refractivity contribution in [3.63, 3.8) is 0 Å². The van der Waals surface area contributed by atoms with Crippen LogP contribution in [0.25, 0.3) is 6.08 Å². The molecule has 74 valence electrons. The van der Waals surface area contributed by atoms with Gasteiger partial charge in [0.2, 0.25) is 6.29 Å². The zero-order valence-corrected chi connectivity index (χ0v) is 8.27. The van der Waals surface area contributed by atoms with Crippen molar-refractivity contribution in [2.24, 2.45) is 0 Å². The van der Waals surface area contributed by atoms with Crippen LogP contribution < -0.4 is 4.74 Å². The third-order valence-electron chi connectivity index (χ3n) is 2.08. The molecule has 2 heteroatoms. The molecule has 14 heavy (non-hydrogen) atoms. The van der Waals surface area contributed by atoms with E-state index in [2.05, 4.69) is 6.92 Å². The normalized spacial score (nSPS) is 18.8.